The topological polar surface area (TPSA) is 51.8 Å². The predicted octanol–water partition coefficient (Wildman–Crippen LogP) is 13.1. The first-order valence-corrected chi connectivity index (χ1v) is 18.2. The van der Waals surface area contributed by atoms with Crippen LogP contribution in [0.4, 0.5) is 0 Å². The van der Waals surface area contributed by atoms with Gasteiger partial charge in [-0.2, -0.15) is 0 Å². The summed E-state index contributed by atoms with van der Waals surface area (Å²) in [5, 5.41) is 9.58. The van der Waals surface area contributed by atoms with E-state index < -0.39 is 0 Å². The average molecular weight is 682 g/mol. The van der Waals surface area contributed by atoms with Gasteiger partial charge in [-0.3, -0.25) is 0 Å². The van der Waals surface area contributed by atoms with Gasteiger partial charge in [-0.25, -0.2) is 15.0 Å². The maximum Gasteiger partial charge on any atom is 0.164 e. The Hall–Kier alpha value is -6.69. The molecule has 0 amide bonds. The van der Waals surface area contributed by atoms with Crippen LogP contribution in [0.5, 0.6) is 0 Å². The molecular weight excluding hydrogens is 655 g/mol. The smallest absolute Gasteiger partial charge is 0.164 e. The SMILES string of the molecule is c1ccc(-c2nc(-c3ccc4c(sc5c4ccc4ccc6ccccc6c45)c3-c3ccccc3)nc(-c3cccc4oc5ccccc5c34)n2)cc1. The standard InChI is InChI=1S/C47H27N3OS/c1-3-13-29(14-4-1)41-37(27-26-34-33-25-24-30-23-22-28-12-7-8-17-32(28)40(30)43(33)52-44(34)41)47-49-45(31-15-5-2-6-16-31)48-46(50-47)36-19-11-21-39-42(36)35-18-9-10-20-38(35)51-39/h1-27H. The Kier molecular flexibility index (Phi) is 6.39. The molecule has 52 heavy (non-hydrogen) atoms. The van der Waals surface area contributed by atoms with E-state index in [2.05, 4.69) is 115 Å². The van der Waals surface area contributed by atoms with Crippen LogP contribution in [0.1, 0.15) is 0 Å². The van der Waals surface area contributed by atoms with Crippen molar-refractivity contribution in [3.8, 4) is 45.3 Å². The van der Waals surface area contributed by atoms with Crippen LogP contribution in [-0.2, 0) is 0 Å². The summed E-state index contributed by atoms with van der Waals surface area (Å²) in [5.74, 6) is 1.86. The third-order valence-electron chi connectivity index (χ3n) is 10.1. The number of aromatic nitrogens is 3. The molecule has 11 aromatic rings. The highest BCUT2D eigenvalue weighted by Crippen LogP contribution is 2.47. The van der Waals surface area contributed by atoms with E-state index in [0.29, 0.717) is 17.5 Å². The number of nitrogens with zero attached hydrogens (tertiary/aromatic N) is 3. The number of benzene rings is 8. The third kappa shape index (κ3) is 4.43. The van der Waals surface area contributed by atoms with Crippen LogP contribution in [0.3, 0.4) is 0 Å². The van der Waals surface area contributed by atoms with Crippen LogP contribution >= 0.6 is 11.3 Å². The van der Waals surface area contributed by atoms with Crippen molar-refractivity contribution in [2.75, 3.05) is 0 Å². The Morgan fingerprint density at radius 3 is 1.83 bits per heavy atom. The number of rotatable bonds is 4. The fourth-order valence-corrected chi connectivity index (χ4v) is 9.20. The molecule has 0 aliphatic carbocycles. The first-order chi connectivity index (χ1) is 25.8. The van der Waals surface area contributed by atoms with Crippen molar-refractivity contribution < 1.29 is 4.42 Å². The van der Waals surface area contributed by atoms with Crippen LogP contribution in [0.15, 0.2) is 168 Å². The van der Waals surface area contributed by atoms with Gasteiger partial charge < -0.3 is 4.42 Å². The summed E-state index contributed by atoms with van der Waals surface area (Å²) in [4.78, 5) is 15.7. The lowest BCUT2D eigenvalue weighted by atomic mass is 9.95. The Labute approximate surface area is 302 Å². The zero-order chi connectivity index (χ0) is 34.2. The number of hydrogen-bond acceptors (Lipinski definition) is 5. The highest BCUT2D eigenvalue weighted by molar-refractivity contribution is 7.27. The van der Waals surface area contributed by atoms with E-state index in [-0.39, 0.29) is 0 Å². The minimum absolute atomic E-state index is 0.605. The van der Waals surface area contributed by atoms with E-state index in [1.165, 1.54) is 41.7 Å². The third-order valence-corrected chi connectivity index (χ3v) is 11.4. The van der Waals surface area contributed by atoms with Gasteiger partial charge in [0.25, 0.3) is 0 Å². The number of para-hydroxylation sites is 1. The maximum absolute atomic E-state index is 6.29. The second-order valence-electron chi connectivity index (χ2n) is 13.1. The van der Waals surface area contributed by atoms with Crippen LogP contribution in [-0.4, -0.2) is 15.0 Å². The van der Waals surface area contributed by atoms with Gasteiger partial charge in [0.1, 0.15) is 11.2 Å². The predicted molar refractivity (Wildman–Crippen MR) is 217 cm³/mol. The molecule has 0 unspecified atom stereocenters. The van der Waals surface area contributed by atoms with Gasteiger partial charge in [-0.15, -0.1) is 11.3 Å². The van der Waals surface area contributed by atoms with E-state index in [1.54, 1.807) is 0 Å². The van der Waals surface area contributed by atoms with E-state index in [0.717, 1.165) is 49.8 Å². The molecule has 0 saturated heterocycles. The molecule has 11 rings (SSSR count). The minimum atomic E-state index is 0.605. The van der Waals surface area contributed by atoms with Crippen molar-refractivity contribution in [2.45, 2.75) is 0 Å². The molecule has 5 heteroatoms. The second-order valence-corrected chi connectivity index (χ2v) is 14.1. The van der Waals surface area contributed by atoms with E-state index in [9.17, 15) is 0 Å². The summed E-state index contributed by atoms with van der Waals surface area (Å²) in [7, 11) is 0. The lowest BCUT2D eigenvalue weighted by Crippen LogP contribution is -2.01. The zero-order valence-electron chi connectivity index (χ0n) is 27.7. The van der Waals surface area contributed by atoms with E-state index >= 15 is 0 Å². The van der Waals surface area contributed by atoms with Crippen molar-refractivity contribution in [3.63, 3.8) is 0 Å². The summed E-state index contributed by atoms with van der Waals surface area (Å²) >= 11 is 1.86. The molecule has 3 heterocycles. The maximum atomic E-state index is 6.29. The molecule has 4 nitrogen and oxygen atoms in total. The highest BCUT2D eigenvalue weighted by atomic mass is 32.1. The number of hydrogen-bond donors (Lipinski definition) is 0. The van der Waals surface area contributed by atoms with Gasteiger partial charge in [0, 0.05) is 58.6 Å². The molecule has 0 atom stereocenters. The molecule has 0 aliphatic heterocycles. The Balaban J connectivity index is 1.24. The normalized spacial score (nSPS) is 11.8. The van der Waals surface area contributed by atoms with Gasteiger partial charge in [0.2, 0.25) is 0 Å². The van der Waals surface area contributed by atoms with Gasteiger partial charge >= 0.3 is 0 Å². The zero-order valence-corrected chi connectivity index (χ0v) is 28.6. The molecule has 0 saturated carbocycles. The van der Waals surface area contributed by atoms with Crippen molar-refractivity contribution >= 4 is 75.0 Å². The van der Waals surface area contributed by atoms with Crippen LogP contribution < -0.4 is 0 Å². The van der Waals surface area contributed by atoms with Crippen molar-refractivity contribution in [1.82, 2.24) is 15.0 Å². The van der Waals surface area contributed by atoms with Crippen molar-refractivity contribution in [1.29, 1.82) is 0 Å². The quantitative estimate of drug-likeness (QED) is 0.174. The van der Waals surface area contributed by atoms with Crippen molar-refractivity contribution in [2.24, 2.45) is 0 Å². The first kappa shape index (κ1) is 29.1. The molecule has 242 valence electrons. The van der Waals surface area contributed by atoms with E-state index in [4.69, 9.17) is 19.4 Å². The largest absolute Gasteiger partial charge is 0.456 e. The number of thiophene rings is 1. The molecule has 0 bridgehead atoms. The fraction of sp³-hybridized carbons (Fsp3) is 0. The molecular formula is C47H27N3OS. The average Bonchev–Trinajstić information content (AvgIpc) is 3.79. The Morgan fingerprint density at radius 2 is 0.981 bits per heavy atom. The molecule has 8 aromatic carbocycles. The summed E-state index contributed by atoms with van der Waals surface area (Å²) < 4.78 is 8.79. The van der Waals surface area contributed by atoms with Gasteiger partial charge in [-0.1, -0.05) is 146 Å². The second kappa shape index (κ2) is 11.4. The molecule has 0 aliphatic rings. The van der Waals surface area contributed by atoms with Gasteiger partial charge in [-0.05, 0) is 39.9 Å². The van der Waals surface area contributed by atoms with Gasteiger partial charge in [0.15, 0.2) is 17.5 Å². The summed E-state index contributed by atoms with van der Waals surface area (Å²) in [6.07, 6.45) is 0. The molecule has 3 aromatic heterocycles. The summed E-state index contributed by atoms with van der Waals surface area (Å²) in [5.41, 5.74) is 6.68. The van der Waals surface area contributed by atoms with E-state index in [1.807, 2.05) is 59.9 Å². The molecule has 0 spiro atoms. The lowest BCUT2D eigenvalue weighted by Gasteiger charge is -2.13. The van der Waals surface area contributed by atoms with Crippen LogP contribution in [0, 0.1) is 0 Å². The van der Waals surface area contributed by atoms with Crippen LogP contribution in [0.2, 0.25) is 0 Å². The minimum Gasteiger partial charge on any atom is -0.456 e. The highest BCUT2D eigenvalue weighted by Gasteiger charge is 2.22. The Bertz CT molecular complexity index is 3180. The molecule has 0 fully saturated rings. The molecule has 0 radical (unpaired) electrons. The number of furan rings is 1. The fourth-order valence-electron chi connectivity index (χ4n) is 7.76. The van der Waals surface area contributed by atoms with Crippen molar-refractivity contribution in [3.05, 3.63) is 164 Å². The lowest BCUT2D eigenvalue weighted by molar-refractivity contribution is 0.669. The van der Waals surface area contributed by atoms with Gasteiger partial charge in [0.05, 0.1) is 0 Å². The Morgan fingerprint density at radius 1 is 0.365 bits per heavy atom. The monoisotopic (exact) mass is 681 g/mol. The summed E-state index contributed by atoms with van der Waals surface area (Å²) in [6.45, 7) is 0. The number of fused-ring (bicyclic) bond motifs is 10. The summed E-state index contributed by atoms with van der Waals surface area (Å²) in [6, 6.07) is 57.2. The first-order valence-electron chi connectivity index (χ1n) is 17.4. The van der Waals surface area contributed by atoms with Crippen LogP contribution in [0.25, 0.3) is 109 Å². The molecule has 0 N–H and O–H groups in total.